The lowest BCUT2D eigenvalue weighted by molar-refractivity contribution is -0.383. The van der Waals surface area contributed by atoms with E-state index in [4.69, 9.17) is 4.74 Å². The highest BCUT2D eigenvalue weighted by Gasteiger charge is 2.24. The Kier molecular flexibility index (Phi) is 5.69. The molecule has 3 rings (SSSR count). The highest BCUT2D eigenvalue weighted by molar-refractivity contribution is 5.78. The van der Waals surface area contributed by atoms with E-state index in [0.29, 0.717) is 18.0 Å². The maximum Gasteiger partial charge on any atom is 0.353 e. The number of ether oxygens (including phenoxy) is 1. The summed E-state index contributed by atoms with van der Waals surface area (Å²) in [6.45, 7) is 6.27. The van der Waals surface area contributed by atoms with Gasteiger partial charge in [-0.15, -0.1) is 0 Å². The zero-order valence-electron chi connectivity index (χ0n) is 15.9. The van der Waals surface area contributed by atoms with Gasteiger partial charge >= 0.3 is 5.69 Å². The van der Waals surface area contributed by atoms with Crippen LogP contribution in [0.1, 0.15) is 18.1 Å². The summed E-state index contributed by atoms with van der Waals surface area (Å²) in [5.41, 5.74) is 3.17. The van der Waals surface area contributed by atoms with E-state index in [1.54, 1.807) is 12.1 Å². The first-order valence-electron chi connectivity index (χ1n) is 8.82. The van der Waals surface area contributed by atoms with Crippen LogP contribution in [0.25, 0.3) is 0 Å². The third kappa shape index (κ3) is 4.01. The van der Waals surface area contributed by atoms with Gasteiger partial charge in [0.2, 0.25) is 11.6 Å². The molecule has 0 radical (unpaired) electrons. The largest absolute Gasteiger partial charge is 0.492 e. The molecule has 2 N–H and O–H groups in total. The summed E-state index contributed by atoms with van der Waals surface area (Å²) in [7, 11) is 0. The molecule has 8 heteroatoms. The number of anilines is 4. The summed E-state index contributed by atoms with van der Waals surface area (Å²) in [6.07, 6.45) is 1.28. The zero-order valence-corrected chi connectivity index (χ0v) is 15.9. The molecule has 0 spiro atoms. The van der Waals surface area contributed by atoms with Crippen molar-refractivity contribution < 1.29 is 9.66 Å². The monoisotopic (exact) mass is 379 g/mol. The maximum absolute atomic E-state index is 11.8. The van der Waals surface area contributed by atoms with E-state index in [-0.39, 0.29) is 17.3 Å². The normalized spacial score (nSPS) is 10.4. The van der Waals surface area contributed by atoms with Crippen LogP contribution in [0, 0.1) is 24.0 Å². The number of rotatable bonds is 7. The van der Waals surface area contributed by atoms with Crippen LogP contribution in [0.2, 0.25) is 0 Å². The summed E-state index contributed by atoms with van der Waals surface area (Å²) >= 11 is 0. The molecule has 2 aromatic carbocycles. The van der Waals surface area contributed by atoms with Crippen molar-refractivity contribution in [3.8, 4) is 5.75 Å². The number of nitro groups is 1. The molecule has 28 heavy (non-hydrogen) atoms. The number of para-hydroxylation sites is 2. The Balaban J connectivity index is 2.01. The Morgan fingerprint density at radius 2 is 1.64 bits per heavy atom. The van der Waals surface area contributed by atoms with Gasteiger partial charge in [-0.1, -0.05) is 24.3 Å². The SMILES string of the molecule is CCOc1ccccc1Nc1ncnc(Nc2cccc(C)c2C)c1[N+](=O)[O-]. The molecule has 0 atom stereocenters. The van der Waals surface area contributed by atoms with Gasteiger partial charge in [0.1, 0.15) is 12.1 Å². The van der Waals surface area contributed by atoms with Crippen molar-refractivity contribution in [2.75, 3.05) is 17.2 Å². The second kappa shape index (κ2) is 8.34. The van der Waals surface area contributed by atoms with Crippen LogP contribution in [0.4, 0.5) is 28.7 Å². The topological polar surface area (TPSA) is 102 Å². The van der Waals surface area contributed by atoms with Gasteiger partial charge in [0.15, 0.2) is 0 Å². The van der Waals surface area contributed by atoms with Crippen LogP contribution >= 0.6 is 0 Å². The summed E-state index contributed by atoms with van der Waals surface area (Å²) in [4.78, 5) is 19.5. The molecule has 0 unspecified atom stereocenters. The third-order valence-electron chi connectivity index (χ3n) is 4.30. The zero-order chi connectivity index (χ0) is 20.1. The third-order valence-corrected chi connectivity index (χ3v) is 4.30. The molecule has 144 valence electrons. The van der Waals surface area contributed by atoms with E-state index in [2.05, 4.69) is 20.6 Å². The van der Waals surface area contributed by atoms with Crippen molar-refractivity contribution in [2.45, 2.75) is 20.8 Å². The first kappa shape index (κ1) is 19.1. The maximum atomic E-state index is 11.8. The van der Waals surface area contributed by atoms with Gasteiger partial charge in [-0.25, -0.2) is 9.97 Å². The summed E-state index contributed by atoms with van der Waals surface area (Å²) in [5, 5.41) is 17.9. The molecule has 1 heterocycles. The van der Waals surface area contributed by atoms with Gasteiger partial charge in [0.05, 0.1) is 17.2 Å². The first-order chi connectivity index (χ1) is 13.5. The van der Waals surface area contributed by atoms with Gasteiger partial charge < -0.3 is 15.4 Å². The van der Waals surface area contributed by atoms with Crippen molar-refractivity contribution in [2.24, 2.45) is 0 Å². The van der Waals surface area contributed by atoms with Crippen LogP contribution in [0.3, 0.4) is 0 Å². The highest BCUT2D eigenvalue weighted by Crippen LogP contribution is 2.36. The first-order valence-corrected chi connectivity index (χ1v) is 8.82. The molecule has 1 aromatic heterocycles. The quantitative estimate of drug-likeness (QED) is 0.445. The average molecular weight is 379 g/mol. The van der Waals surface area contributed by atoms with Crippen molar-refractivity contribution in [1.29, 1.82) is 0 Å². The smallest absolute Gasteiger partial charge is 0.353 e. The molecule has 3 aromatic rings. The van der Waals surface area contributed by atoms with Gasteiger partial charge in [-0.2, -0.15) is 0 Å². The van der Waals surface area contributed by atoms with Crippen LogP contribution in [0.15, 0.2) is 48.8 Å². The lowest BCUT2D eigenvalue weighted by Gasteiger charge is -2.14. The average Bonchev–Trinajstić information content (AvgIpc) is 2.67. The van der Waals surface area contributed by atoms with E-state index in [0.717, 1.165) is 16.8 Å². The van der Waals surface area contributed by atoms with Crippen LogP contribution in [-0.4, -0.2) is 21.5 Å². The van der Waals surface area contributed by atoms with E-state index in [9.17, 15) is 10.1 Å². The molecule has 0 aliphatic rings. The molecular weight excluding hydrogens is 358 g/mol. The fourth-order valence-electron chi connectivity index (χ4n) is 2.73. The Morgan fingerprint density at radius 3 is 2.32 bits per heavy atom. The summed E-state index contributed by atoms with van der Waals surface area (Å²) in [5.74, 6) is 0.784. The number of hydrogen-bond acceptors (Lipinski definition) is 7. The van der Waals surface area contributed by atoms with Crippen LogP contribution < -0.4 is 15.4 Å². The second-order valence-electron chi connectivity index (χ2n) is 6.10. The second-order valence-corrected chi connectivity index (χ2v) is 6.10. The van der Waals surface area contributed by atoms with Crippen molar-refractivity contribution in [3.05, 3.63) is 70.0 Å². The minimum Gasteiger partial charge on any atom is -0.492 e. The van der Waals surface area contributed by atoms with Crippen molar-refractivity contribution in [3.63, 3.8) is 0 Å². The predicted octanol–water partition coefficient (Wildman–Crippen LogP) is 4.89. The lowest BCUT2D eigenvalue weighted by Crippen LogP contribution is -2.07. The van der Waals surface area contributed by atoms with Crippen LogP contribution in [-0.2, 0) is 0 Å². The van der Waals surface area contributed by atoms with Gasteiger partial charge in [0.25, 0.3) is 0 Å². The van der Waals surface area contributed by atoms with Gasteiger partial charge in [0, 0.05) is 5.69 Å². The molecular formula is C20H21N5O3. The Morgan fingerprint density at radius 1 is 1.00 bits per heavy atom. The number of nitrogens with one attached hydrogen (secondary N) is 2. The van der Waals surface area contributed by atoms with E-state index in [1.807, 2.05) is 51.1 Å². The molecule has 0 aliphatic carbocycles. The van der Waals surface area contributed by atoms with E-state index in [1.165, 1.54) is 6.33 Å². The fourth-order valence-corrected chi connectivity index (χ4v) is 2.73. The number of benzene rings is 2. The number of aryl methyl sites for hydroxylation is 1. The molecule has 0 fully saturated rings. The van der Waals surface area contributed by atoms with Crippen molar-refractivity contribution in [1.82, 2.24) is 9.97 Å². The van der Waals surface area contributed by atoms with E-state index >= 15 is 0 Å². The number of aromatic nitrogens is 2. The predicted molar refractivity (Wildman–Crippen MR) is 109 cm³/mol. The number of hydrogen-bond donors (Lipinski definition) is 2. The Hall–Kier alpha value is -3.68. The van der Waals surface area contributed by atoms with E-state index < -0.39 is 4.92 Å². The molecule has 8 nitrogen and oxygen atoms in total. The molecule has 0 amide bonds. The standard InChI is InChI=1S/C20H21N5O3/c1-4-28-17-11-6-5-9-16(17)24-20-18(25(26)27)19(21-12-22-20)23-15-10-7-8-13(2)14(15)3/h5-12H,4H2,1-3H3,(H2,21,22,23,24). The summed E-state index contributed by atoms with van der Waals surface area (Å²) < 4.78 is 5.57. The molecule has 0 bridgehead atoms. The fraction of sp³-hybridized carbons (Fsp3) is 0.200. The lowest BCUT2D eigenvalue weighted by atomic mass is 10.1. The molecule has 0 saturated heterocycles. The van der Waals surface area contributed by atoms with Crippen LogP contribution in [0.5, 0.6) is 5.75 Å². The Labute approximate surface area is 162 Å². The Bertz CT molecular complexity index is 1010. The van der Waals surface area contributed by atoms with Gasteiger partial charge in [-0.05, 0) is 50.1 Å². The molecule has 0 aliphatic heterocycles. The minimum absolute atomic E-state index is 0.0833. The molecule has 0 saturated carbocycles. The van der Waals surface area contributed by atoms with Crippen molar-refractivity contribution >= 4 is 28.7 Å². The summed E-state index contributed by atoms with van der Waals surface area (Å²) in [6, 6.07) is 12.9. The number of nitrogens with zero attached hydrogens (tertiary/aromatic N) is 3. The minimum atomic E-state index is -0.501. The van der Waals surface area contributed by atoms with Gasteiger partial charge in [-0.3, -0.25) is 10.1 Å². The highest BCUT2D eigenvalue weighted by atomic mass is 16.6.